The van der Waals surface area contributed by atoms with Crippen molar-refractivity contribution in [2.24, 2.45) is 0 Å². The maximum absolute atomic E-state index is 12.1. The van der Waals surface area contributed by atoms with Crippen LogP contribution in [0.15, 0.2) is 28.7 Å². The second-order valence-electron chi connectivity index (χ2n) is 4.33. The summed E-state index contributed by atoms with van der Waals surface area (Å²) < 4.78 is 6.00. The van der Waals surface area contributed by atoms with E-state index in [0.717, 1.165) is 36.0 Å². The van der Waals surface area contributed by atoms with Gasteiger partial charge < -0.3 is 10.1 Å². The van der Waals surface area contributed by atoms with Crippen molar-refractivity contribution in [3.63, 3.8) is 0 Å². The third-order valence-corrected chi connectivity index (χ3v) is 3.90. The van der Waals surface area contributed by atoms with Gasteiger partial charge in [-0.1, -0.05) is 28.1 Å². The molecule has 4 heteroatoms. The molecule has 0 aromatic heterocycles. The SMILES string of the molecule is COC(=O)C1(c2cccc(Br)c2)CCNCC1. The third kappa shape index (κ3) is 2.38. The summed E-state index contributed by atoms with van der Waals surface area (Å²) in [5, 5.41) is 3.28. The van der Waals surface area contributed by atoms with Crippen LogP contribution in [0.2, 0.25) is 0 Å². The molecule has 2 rings (SSSR count). The predicted molar refractivity (Wildman–Crippen MR) is 69.9 cm³/mol. The molecule has 0 saturated carbocycles. The molecule has 3 nitrogen and oxygen atoms in total. The maximum Gasteiger partial charge on any atom is 0.316 e. The number of methoxy groups -OCH3 is 1. The molecule has 0 radical (unpaired) electrons. The topological polar surface area (TPSA) is 38.3 Å². The molecule has 1 aliphatic rings. The molecule has 0 atom stereocenters. The summed E-state index contributed by atoms with van der Waals surface area (Å²) in [6.07, 6.45) is 1.58. The van der Waals surface area contributed by atoms with E-state index in [1.165, 1.54) is 7.11 Å². The van der Waals surface area contributed by atoms with Crippen LogP contribution in [-0.4, -0.2) is 26.2 Å². The summed E-state index contributed by atoms with van der Waals surface area (Å²) in [6.45, 7) is 1.70. The average molecular weight is 298 g/mol. The molecule has 1 heterocycles. The number of carbonyl (C=O) groups excluding carboxylic acids is 1. The summed E-state index contributed by atoms with van der Waals surface area (Å²) in [7, 11) is 1.46. The first-order valence-electron chi connectivity index (χ1n) is 5.74. The Kier molecular flexibility index (Phi) is 3.84. The van der Waals surface area contributed by atoms with Crippen molar-refractivity contribution in [1.29, 1.82) is 0 Å². The highest BCUT2D eigenvalue weighted by Gasteiger charge is 2.42. The fourth-order valence-electron chi connectivity index (χ4n) is 2.45. The number of carbonyl (C=O) groups is 1. The van der Waals surface area contributed by atoms with E-state index in [4.69, 9.17) is 4.74 Å². The first kappa shape index (κ1) is 12.6. The summed E-state index contributed by atoms with van der Waals surface area (Å²) >= 11 is 3.46. The minimum Gasteiger partial charge on any atom is -0.468 e. The Hall–Kier alpha value is -0.870. The number of halogens is 1. The van der Waals surface area contributed by atoms with Crippen LogP contribution in [-0.2, 0) is 14.9 Å². The largest absolute Gasteiger partial charge is 0.468 e. The number of piperidine rings is 1. The Morgan fingerprint density at radius 1 is 1.41 bits per heavy atom. The highest BCUT2D eigenvalue weighted by atomic mass is 79.9. The second-order valence-corrected chi connectivity index (χ2v) is 5.25. The fourth-order valence-corrected chi connectivity index (χ4v) is 2.84. The van der Waals surface area contributed by atoms with Crippen molar-refractivity contribution in [2.45, 2.75) is 18.3 Å². The Labute approximate surface area is 110 Å². The molecule has 0 unspecified atom stereocenters. The van der Waals surface area contributed by atoms with Gasteiger partial charge >= 0.3 is 5.97 Å². The molecule has 1 fully saturated rings. The molecule has 1 aliphatic heterocycles. The Morgan fingerprint density at radius 2 is 2.12 bits per heavy atom. The lowest BCUT2D eigenvalue weighted by molar-refractivity contribution is -0.148. The van der Waals surface area contributed by atoms with Crippen molar-refractivity contribution < 1.29 is 9.53 Å². The zero-order chi connectivity index (χ0) is 12.3. The molecule has 0 amide bonds. The highest BCUT2D eigenvalue weighted by Crippen LogP contribution is 2.35. The minimum absolute atomic E-state index is 0.128. The van der Waals surface area contributed by atoms with Gasteiger partial charge in [0.1, 0.15) is 0 Å². The monoisotopic (exact) mass is 297 g/mol. The number of esters is 1. The smallest absolute Gasteiger partial charge is 0.316 e. The standard InChI is InChI=1S/C13H16BrNO2/c1-17-12(16)13(5-7-15-8-6-13)10-3-2-4-11(14)9-10/h2-4,9,15H,5-8H2,1H3. The maximum atomic E-state index is 12.1. The van der Waals surface area contributed by atoms with Gasteiger partial charge in [-0.05, 0) is 43.6 Å². The van der Waals surface area contributed by atoms with Gasteiger partial charge in [-0.15, -0.1) is 0 Å². The van der Waals surface area contributed by atoms with Crippen LogP contribution < -0.4 is 5.32 Å². The van der Waals surface area contributed by atoms with Crippen LogP contribution >= 0.6 is 15.9 Å². The van der Waals surface area contributed by atoms with Gasteiger partial charge in [0.2, 0.25) is 0 Å². The minimum atomic E-state index is -0.482. The van der Waals surface area contributed by atoms with E-state index in [2.05, 4.69) is 21.2 Å². The van der Waals surface area contributed by atoms with Crippen LogP contribution in [0.4, 0.5) is 0 Å². The fraction of sp³-hybridized carbons (Fsp3) is 0.462. The lowest BCUT2D eigenvalue weighted by Crippen LogP contribution is -2.46. The number of nitrogens with one attached hydrogen (secondary N) is 1. The molecule has 0 aliphatic carbocycles. The molecule has 1 N–H and O–H groups in total. The quantitative estimate of drug-likeness (QED) is 0.851. The van der Waals surface area contributed by atoms with Crippen molar-refractivity contribution in [1.82, 2.24) is 5.32 Å². The molecule has 0 bridgehead atoms. The van der Waals surface area contributed by atoms with Crippen LogP contribution in [0.3, 0.4) is 0 Å². The zero-order valence-corrected chi connectivity index (χ0v) is 11.4. The first-order valence-corrected chi connectivity index (χ1v) is 6.53. The number of ether oxygens (including phenoxy) is 1. The van der Waals surface area contributed by atoms with Gasteiger partial charge in [0.25, 0.3) is 0 Å². The van der Waals surface area contributed by atoms with Crippen molar-refractivity contribution in [2.75, 3.05) is 20.2 Å². The van der Waals surface area contributed by atoms with E-state index in [1.807, 2.05) is 24.3 Å². The van der Waals surface area contributed by atoms with Gasteiger partial charge in [0.05, 0.1) is 12.5 Å². The van der Waals surface area contributed by atoms with Crippen molar-refractivity contribution >= 4 is 21.9 Å². The average Bonchev–Trinajstić information content (AvgIpc) is 2.38. The Bertz CT molecular complexity index is 414. The molecular formula is C13H16BrNO2. The molecule has 92 valence electrons. The van der Waals surface area contributed by atoms with Crippen LogP contribution in [0.5, 0.6) is 0 Å². The lowest BCUT2D eigenvalue weighted by Gasteiger charge is -2.35. The Morgan fingerprint density at radius 3 is 2.71 bits per heavy atom. The molecule has 1 aromatic carbocycles. The number of benzene rings is 1. The van der Waals surface area contributed by atoms with Crippen molar-refractivity contribution in [3.8, 4) is 0 Å². The summed E-state index contributed by atoms with van der Waals surface area (Å²) in [6, 6.07) is 7.96. The molecule has 1 aromatic rings. The van der Waals surface area contributed by atoms with E-state index < -0.39 is 5.41 Å². The molecular weight excluding hydrogens is 282 g/mol. The normalized spacial score (nSPS) is 18.7. The highest BCUT2D eigenvalue weighted by molar-refractivity contribution is 9.10. The van der Waals surface area contributed by atoms with E-state index in [0.29, 0.717) is 0 Å². The van der Waals surface area contributed by atoms with Gasteiger partial charge in [0, 0.05) is 4.47 Å². The van der Waals surface area contributed by atoms with E-state index in [9.17, 15) is 4.79 Å². The van der Waals surface area contributed by atoms with Crippen LogP contribution in [0.1, 0.15) is 18.4 Å². The molecule has 1 saturated heterocycles. The van der Waals surface area contributed by atoms with Crippen LogP contribution in [0.25, 0.3) is 0 Å². The van der Waals surface area contributed by atoms with Gasteiger partial charge in [-0.3, -0.25) is 4.79 Å². The zero-order valence-electron chi connectivity index (χ0n) is 9.83. The summed E-state index contributed by atoms with van der Waals surface area (Å²) in [4.78, 5) is 12.1. The molecule has 17 heavy (non-hydrogen) atoms. The number of rotatable bonds is 2. The van der Waals surface area contributed by atoms with E-state index in [-0.39, 0.29) is 5.97 Å². The summed E-state index contributed by atoms with van der Waals surface area (Å²) in [5.74, 6) is -0.128. The lowest BCUT2D eigenvalue weighted by atomic mass is 9.73. The molecule has 0 spiro atoms. The Balaban J connectivity index is 2.42. The van der Waals surface area contributed by atoms with Crippen molar-refractivity contribution in [3.05, 3.63) is 34.3 Å². The van der Waals surface area contributed by atoms with E-state index >= 15 is 0 Å². The van der Waals surface area contributed by atoms with Gasteiger partial charge in [-0.25, -0.2) is 0 Å². The third-order valence-electron chi connectivity index (χ3n) is 3.41. The first-order chi connectivity index (χ1) is 8.19. The van der Waals surface area contributed by atoms with Gasteiger partial charge in [-0.2, -0.15) is 0 Å². The van der Waals surface area contributed by atoms with Gasteiger partial charge in [0.15, 0.2) is 0 Å². The number of hydrogen-bond donors (Lipinski definition) is 1. The number of hydrogen-bond acceptors (Lipinski definition) is 3. The van der Waals surface area contributed by atoms with Crippen LogP contribution in [0, 0.1) is 0 Å². The second kappa shape index (κ2) is 5.19. The van der Waals surface area contributed by atoms with E-state index in [1.54, 1.807) is 0 Å². The predicted octanol–water partition coefficient (Wildman–Crippen LogP) is 2.24. The summed E-state index contributed by atoms with van der Waals surface area (Å²) in [5.41, 5.74) is 0.560.